The summed E-state index contributed by atoms with van der Waals surface area (Å²) in [4.78, 5) is 27.6. The third-order valence-electron chi connectivity index (χ3n) is 5.75. The maximum absolute atomic E-state index is 12.9. The van der Waals surface area contributed by atoms with Gasteiger partial charge in [0.15, 0.2) is 0 Å². The second-order valence-corrected chi connectivity index (χ2v) is 8.48. The van der Waals surface area contributed by atoms with Gasteiger partial charge in [-0.15, -0.1) is 11.8 Å². The lowest BCUT2D eigenvalue weighted by atomic mass is 10.0. The van der Waals surface area contributed by atoms with Crippen LogP contribution in [0.25, 0.3) is 0 Å². The van der Waals surface area contributed by atoms with E-state index in [1.54, 1.807) is 7.11 Å². The zero-order valence-electron chi connectivity index (χ0n) is 17.9. The standard InChI is InChI=1S/C23H26N2O6S/c1-29-15-8-9-16(19(10-15)32-2)24-21-18(12-26)31-17-11-20(27)25(22(17)21)23(28)30-13-14-6-4-3-5-7-14/h3-10,17-18,21-22,24,26H,11-13H2,1-2H3/t17-,18+,21-,22+/m0/s1. The highest BCUT2D eigenvalue weighted by atomic mass is 32.2. The van der Waals surface area contributed by atoms with Crippen molar-refractivity contribution in [1.82, 2.24) is 4.90 Å². The maximum atomic E-state index is 12.9. The summed E-state index contributed by atoms with van der Waals surface area (Å²) in [6.45, 7) is -0.172. The van der Waals surface area contributed by atoms with Gasteiger partial charge in [-0.2, -0.15) is 0 Å². The summed E-state index contributed by atoms with van der Waals surface area (Å²) in [6, 6.07) is 13.8. The lowest BCUT2D eigenvalue weighted by Crippen LogP contribution is -2.51. The van der Waals surface area contributed by atoms with E-state index in [1.165, 1.54) is 11.8 Å². The largest absolute Gasteiger partial charge is 0.497 e. The number of carbonyl (C=O) groups excluding carboxylic acids is 2. The van der Waals surface area contributed by atoms with Crippen molar-refractivity contribution in [3.63, 3.8) is 0 Å². The number of rotatable bonds is 7. The minimum absolute atomic E-state index is 0.0672. The van der Waals surface area contributed by atoms with Crippen LogP contribution < -0.4 is 10.1 Å². The number of anilines is 1. The third-order valence-corrected chi connectivity index (χ3v) is 6.53. The van der Waals surface area contributed by atoms with E-state index in [2.05, 4.69) is 5.32 Å². The number of ether oxygens (including phenoxy) is 3. The molecule has 8 nitrogen and oxygen atoms in total. The van der Waals surface area contributed by atoms with Gasteiger partial charge in [0.1, 0.15) is 18.5 Å². The molecule has 32 heavy (non-hydrogen) atoms. The Bertz CT molecular complexity index is 972. The van der Waals surface area contributed by atoms with Gasteiger partial charge in [-0.1, -0.05) is 30.3 Å². The van der Waals surface area contributed by atoms with E-state index in [1.807, 2.05) is 54.8 Å². The molecule has 0 spiro atoms. The monoisotopic (exact) mass is 458 g/mol. The third kappa shape index (κ3) is 4.41. The highest BCUT2D eigenvalue weighted by molar-refractivity contribution is 7.98. The van der Waals surface area contributed by atoms with Crippen LogP contribution in [0, 0.1) is 0 Å². The van der Waals surface area contributed by atoms with Crippen LogP contribution in [-0.4, -0.2) is 66.3 Å². The van der Waals surface area contributed by atoms with Crippen molar-refractivity contribution in [1.29, 1.82) is 0 Å². The highest BCUT2D eigenvalue weighted by Gasteiger charge is 2.56. The van der Waals surface area contributed by atoms with E-state index < -0.39 is 30.4 Å². The summed E-state index contributed by atoms with van der Waals surface area (Å²) in [5.74, 6) is 0.377. The van der Waals surface area contributed by atoms with Crippen molar-refractivity contribution in [2.75, 3.05) is 25.3 Å². The Balaban J connectivity index is 1.55. The second kappa shape index (κ2) is 9.81. The van der Waals surface area contributed by atoms with Gasteiger partial charge in [-0.25, -0.2) is 9.69 Å². The van der Waals surface area contributed by atoms with Crippen molar-refractivity contribution < 1.29 is 28.9 Å². The number of fused-ring (bicyclic) bond motifs is 1. The molecule has 2 aliphatic heterocycles. The van der Waals surface area contributed by atoms with Crippen LogP contribution in [0.3, 0.4) is 0 Å². The lowest BCUT2D eigenvalue weighted by molar-refractivity contribution is -0.128. The number of likely N-dealkylation sites (tertiary alicyclic amines) is 1. The first-order valence-corrected chi connectivity index (χ1v) is 11.6. The Labute approximate surface area is 190 Å². The summed E-state index contributed by atoms with van der Waals surface area (Å²) in [5.41, 5.74) is 1.64. The summed E-state index contributed by atoms with van der Waals surface area (Å²) >= 11 is 1.54. The molecule has 0 bridgehead atoms. The summed E-state index contributed by atoms with van der Waals surface area (Å²) in [7, 11) is 1.60. The Hall–Kier alpha value is -2.75. The molecule has 0 aliphatic carbocycles. The second-order valence-electron chi connectivity index (χ2n) is 7.63. The predicted octanol–water partition coefficient (Wildman–Crippen LogP) is 2.90. The number of imide groups is 1. The molecule has 0 unspecified atom stereocenters. The summed E-state index contributed by atoms with van der Waals surface area (Å²) < 4.78 is 16.7. The highest BCUT2D eigenvalue weighted by Crippen LogP contribution is 2.38. The number of carbonyl (C=O) groups is 2. The minimum atomic E-state index is -0.708. The number of amides is 2. The van der Waals surface area contributed by atoms with Gasteiger partial charge < -0.3 is 24.6 Å². The van der Waals surface area contributed by atoms with E-state index in [4.69, 9.17) is 14.2 Å². The van der Waals surface area contributed by atoms with Crippen LogP contribution in [0.1, 0.15) is 12.0 Å². The van der Waals surface area contributed by atoms with Gasteiger partial charge in [0.2, 0.25) is 5.91 Å². The molecule has 4 rings (SSSR count). The molecule has 0 saturated carbocycles. The van der Waals surface area contributed by atoms with Crippen molar-refractivity contribution in [2.24, 2.45) is 0 Å². The zero-order valence-corrected chi connectivity index (χ0v) is 18.7. The number of methoxy groups -OCH3 is 1. The zero-order chi connectivity index (χ0) is 22.7. The molecule has 2 amide bonds. The summed E-state index contributed by atoms with van der Waals surface area (Å²) in [5, 5.41) is 13.3. The van der Waals surface area contributed by atoms with E-state index in [-0.39, 0.29) is 25.5 Å². The molecule has 0 aromatic heterocycles. The summed E-state index contributed by atoms with van der Waals surface area (Å²) in [6.07, 6.45) is 0.235. The molecule has 2 aromatic rings. The molecule has 2 saturated heterocycles. The first-order valence-electron chi connectivity index (χ1n) is 10.3. The first-order chi connectivity index (χ1) is 15.5. The van der Waals surface area contributed by atoms with Crippen molar-refractivity contribution in [3.8, 4) is 5.75 Å². The minimum Gasteiger partial charge on any atom is -0.497 e. The molecule has 2 aromatic carbocycles. The molecule has 2 aliphatic rings. The van der Waals surface area contributed by atoms with Gasteiger partial charge in [-0.3, -0.25) is 4.79 Å². The Morgan fingerprint density at radius 1 is 1.28 bits per heavy atom. The molecule has 2 N–H and O–H groups in total. The average molecular weight is 459 g/mol. The van der Waals surface area contributed by atoms with E-state index >= 15 is 0 Å². The van der Waals surface area contributed by atoms with Crippen LogP contribution in [0.4, 0.5) is 10.5 Å². The van der Waals surface area contributed by atoms with Crippen molar-refractivity contribution >= 4 is 29.4 Å². The van der Waals surface area contributed by atoms with E-state index in [9.17, 15) is 14.7 Å². The first kappa shape index (κ1) is 22.4. The smallest absolute Gasteiger partial charge is 0.417 e. The molecular weight excluding hydrogens is 432 g/mol. The molecule has 2 fully saturated rings. The van der Waals surface area contributed by atoms with E-state index in [0.717, 1.165) is 26.8 Å². The maximum Gasteiger partial charge on any atom is 0.417 e. The van der Waals surface area contributed by atoms with E-state index in [0.29, 0.717) is 0 Å². The molecule has 9 heteroatoms. The van der Waals surface area contributed by atoms with Gasteiger partial charge in [0.05, 0.1) is 38.3 Å². The number of benzene rings is 2. The molecular formula is C23H26N2O6S. The quantitative estimate of drug-likeness (QED) is 0.612. The number of aliphatic hydroxyl groups excluding tert-OH is 1. The van der Waals surface area contributed by atoms with Gasteiger partial charge in [0.25, 0.3) is 0 Å². The van der Waals surface area contributed by atoms with Crippen LogP contribution in [0.2, 0.25) is 0 Å². The van der Waals surface area contributed by atoms with Crippen molar-refractivity contribution in [2.45, 2.75) is 42.2 Å². The van der Waals surface area contributed by atoms with Crippen LogP contribution in [-0.2, 0) is 20.9 Å². The topological polar surface area (TPSA) is 97.3 Å². The van der Waals surface area contributed by atoms with Gasteiger partial charge >= 0.3 is 6.09 Å². The predicted molar refractivity (Wildman–Crippen MR) is 120 cm³/mol. The fourth-order valence-corrected chi connectivity index (χ4v) is 4.80. The molecule has 0 radical (unpaired) electrons. The number of thioether (sulfide) groups is 1. The molecule has 2 heterocycles. The normalized spacial score (nSPS) is 24.3. The average Bonchev–Trinajstić information content (AvgIpc) is 3.32. The van der Waals surface area contributed by atoms with Crippen LogP contribution >= 0.6 is 11.8 Å². The number of hydrogen-bond acceptors (Lipinski definition) is 8. The molecule has 170 valence electrons. The Morgan fingerprint density at radius 3 is 2.75 bits per heavy atom. The number of nitrogens with one attached hydrogen (secondary N) is 1. The van der Waals surface area contributed by atoms with Crippen LogP contribution in [0.15, 0.2) is 53.4 Å². The SMILES string of the molecule is COc1ccc(N[C@@H]2[C@H]3[C@H](CC(=O)N3C(=O)OCc3ccccc3)O[C@@H]2CO)c(SC)c1. The Kier molecular flexibility index (Phi) is 6.88. The fraction of sp³-hybridized carbons (Fsp3) is 0.391. The number of hydrogen-bond donors (Lipinski definition) is 2. The number of nitrogens with zero attached hydrogens (tertiary/aromatic N) is 1. The van der Waals surface area contributed by atoms with Crippen molar-refractivity contribution in [3.05, 3.63) is 54.1 Å². The fourth-order valence-electron chi connectivity index (χ4n) is 4.22. The van der Waals surface area contributed by atoms with Crippen LogP contribution in [0.5, 0.6) is 5.75 Å². The lowest BCUT2D eigenvalue weighted by Gasteiger charge is -2.29. The van der Waals surface area contributed by atoms with Gasteiger partial charge in [0, 0.05) is 10.6 Å². The van der Waals surface area contributed by atoms with Gasteiger partial charge in [-0.05, 0) is 30.0 Å². The number of aliphatic hydroxyl groups is 1. The molecule has 4 atom stereocenters. The Morgan fingerprint density at radius 2 is 2.06 bits per heavy atom.